The summed E-state index contributed by atoms with van der Waals surface area (Å²) in [4.78, 5) is 22.5. The highest BCUT2D eigenvalue weighted by atomic mass is 79.9. The van der Waals surface area contributed by atoms with Crippen LogP contribution in [0, 0.1) is 5.82 Å². The first-order valence-electron chi connectivity index (χ1n) is 8.31. The highest BCUT2D eigenvalue weighted by molar-refractivity contribution is 9.10. The zero-order valence-corrected chi connectivity index (χ0v) is 15.1. The number of nitrogens with zero attached hydrogens (tertiary/aromatic N) is 2. The van der Waals surface area contributed by atoms with Crippen molar-refractivity contribution in [1.82, 2.24) is 14.9 Å². The topological polar surface area (TPSA) is 49.0 Å². The predicted octanol–water partition coefficient (Wildman–Crippen LogP) is 4.48. The van der Waals surface area contributed by atoms with Gasteiger partial charge in [0.25, 0.3) is 5.91 Å². The number of imidazole rings is 1. The van der Waals surface area contributed by atoms with Crippen LogP contribution in [0.5, 0.6) is 0 Å². The third-order valence-electron chi connectivity index (χ3n) is 4.66. The Morgan fingerprint density at radius 1 is 1.28 bits per heavy atom. The van der Waals surface area contributed by atoms with Crippen molar-refractivity contribution < 1.29 is 9.18 Å². The summed E-state index contributed by atoms with van der Waals surface area (Å²) in [5.74, 6) is 0.287. The van der Waals surface area contributed by atoms with Crippen molar-refractivity contribution >= 4 is 32.9 Å². The summed E-state index contributed by atoms with van der Waals surface area (Å²) in [6.45, 7) is 1.19. The van der Waals surface area contributed by atoms with E-state index in [0.717, 1.165) is 29.7 Å². The molecule has 1 fully saturated rings. The second kappa shape index (κ2) is 6.59. The number of para-hydroxylation sites is 2. The van der Waals surface area contributed by atoms with Crippen LogP contribution in [0.3, 0.4) is 0 Å². The number of H-pyrrole nitrogens is 1. The molecule has 2 heterocycles. The maximum Gasteiger partial charge on any atom is 0.256 e. The number of likely N-dealkylation sites (tertiary alicyclic amines) is 1. The van der Waals surface area contributed by atoms with Crippen LogP contribution in [0.1, 0.15) is 34.9 Å². The van der Waals surface area contributed by atoms with Crippen LogP contribution in [0.2, 0.25) is 0 Å². The molecule has 0 unspecified atom stereocenters. The first kappa shape index (κ1) is 16.3. The third kappa shape index (κ3) is 3.18. The number of rotatable bonds is 2. The minimum Gasteiger partial charge on any atom is -0.342 e. The van der Waals surface area contributed by atoms with Crippen LogP contribution < -0.4 is 0 Å². The summed E-state index contributed by atoms with van der Waals surface area (Å²) in [5, 5.41) is 0. The number of aromatic nitrogens is 2. The van der Waals surface area contributed by atoms with E-state index in [2.05, 4.69) is 25.9 Å². The maximum atomic E-state index is 14.1. The Morgan fingerprint density at radius 3 is 2.92 bits per heavy atom. The molecule has 0 spiro atoms. The van der Waals surface area contributed by atoms with Crippen molar-refractivity contribution in [2.45, 2.75) is 18.8 Å². The van der Waals surface area contributed by atoms with E-state index in [1.807, 2.05) is 24.3 Å². The number of benzene rings is 2. The average Bonchev–Trinajstić information content (AvgIpc) is 3.05. The van der Waals surface area contributed by atoms with Gasteiger partial charge in [0, 0.05) is 23.5 Å². The van der Waals surface area contributed by atoms with E-state index < -0.39 is 5.82 Å². The van der Waals surface area contributed by atoms with Crippen molar-refractivity contribution in [3.63, 3.8) is 0 Å². The molecule has 1 N–H and O–H groups in total. The van der Waals surface area contributed by atoms with Gasteiger partial charge in [-0.15, -0.1) is 0 Å². The molecule has 0 radical (unpaired) electrons. The Hall–Kier alpha value is -2.21. The van der Waals surface area contributed by atoms with Crippen molar-refractivity contribution in [3.05, 3.63) is 64.1 Å². The van der Waals surface area contributed by atoms with Crippen LogP contribution in [-0.2, 0) is 0 Å². The van der Waals surface area contributed by atoms with Gasteiger partial charge in [0.15, 0.2) is 0 Å². The zero-order valence-electron chi connectivity index (χ0n) is 13.5. The van der Waals surface area contributed by atoms with Gasteiger partial charge in [-0.05, 0) is 43.2 Å². The van der Waals surface area contributed by atoms with Gasteiger partial charge in [-0.1, -0.05) is 28.1 Å². The van der Waals surface area contributed by atoms with E-state index in [9.17, 15) is 9.18 Å². The standard InChI is InChI=1S/C19H17BrFN3O/c20-13-7-8-14(15(21)10-13)19(25)24-9-3-4-12(11-24)18-22-16-5-1-2-6-17(16)23-18/h1-2,5-8,10,12H,3-4,9,11H2,(H,22,23)/t12-/m0/s1. The lowest BCUT2D eigenvalue weighted by Crippen LogP contribution is -2.39. The predicted molar refractivity (Wildman–Crippen MR) is 98.1 cm³/mol. The first-order chi connectivity index (χ1) is 12.1. The lowest BCUT2D eigenvalue weighted by molar-refractivity contribution is 0.0700. The number of amides is 1. The number of piperidine rings is 1. The molecule has 1 aromatic heterocycles. The molecule has 0 bridgehead atoms. The molecule has 3 aromatic rings. The summed E-state index contributed by atoms with van der Waals surface area (Å²) in [6.07, 6.45) is 1.85. The van der Waals surface area contributed by atoms with Crippen LogP contribution in [0.25, 0.3) is 11.0 Å². The van der Waals surface area contributed by atoms with E-state index in [1.165, 1.54) is 12.1 Å². The van der Waals surface area contributed by atoms with Crippen molar-refractivity contribution in [2.75, 3.05) is 13.1 Å². The molecule has 1 aliphatic heterocycles. The fourth-order valence-corrected chi connectivity index (χ4v) is 3.72. The second-order valence-corrected chi connectivity index (χ2v) is 7.27. The van der Waals surface area contributed by atoms with E-state index in [1.54, 1.807) is 11.0 Å². The Bertz CT molecular complexity index is 906. The molecule has 4 nitrogen and oxygen atoms in total. The average molecular weight is 402 g/mol. The number of fused-ring (bicyclic) bond motifs is 1. The van der Waals surface area contributed by atoms with E-state index in [0.29, 0.717) is 17.6 Å². The third-order valence-corrected chi connectivity index (χ3v) is 5.16. The molecule has 1 atom stereocenters. The fraction of sp³-hybridized carbons (Fsp3) is 0.263. The van der Waals surface area contributed by atoms with Gasteiger partial charge in [-0.2, -0.15) is 0 Å². The van der Waals surface area contributed by atoms with E-state index in [4.69, 9.17) is 0 Å². The van der Waals surface area contributed by atoms with Crippen LogP contribution in [-0.4, -0.2) is 33.9 Å². The highest BCUT2D eigenvalue weighted by Crippen LogP contribution is 2.28. The summed E-state index contributed by atoms with van der Waals surface area (Å²) < 4.78 is 14.7. The Morgan fingerprint density at radius 2 is 2.12 bits per heavy atom. The molecule has 1 amide bonds. The van der Waals surface area contributed by atoms with Gasteiger partial charge in [-0.3, -0.25) is 4.79 Å². The molecule has 128 valence electrons. The maximum absolute atomic E-state index is 14.1. The van der Waals surface area contributed by atoms with E-state index >= 15 is 0 Å². The summed E-state index contributed by atoms with van der Waals surface area (Å²) in [7, 11) is 0. The number of carbonyl (C=O) groups excluding carboxylic acids is 1. The van der Waals surface area contributed by atoms with Gasteiger partial charge in [0.05, 0.1) is 16.6 Å². The molecule has 2 aromatic carbocycles. The number of hydrogen-bond donors (Lipinski definition) is 1. The minimum atomic E-state index is -0.495. The normalized spacial score (nSPS) is 17.8. The molecule has 4 rings (SSSR count). The number of nitrogens with one attached hydrogen (secondary N) is 1. The van der Waals surface area contributed by atoms with Gasteiger partial charge in [-0.25, -0.2) is 9.37 Å². The van der Waals surface area contributed by atoms with Crippen molar-refractivity contribution in [2.24, 2.45) is 0 Å². The van der Waals surface area contributed by atoms with Crippen molar-refractivity contribution in [3.8, 4) is 0 Å². The Kier molecular flexibility index (Phi) is 4.29. The van der Waals surface area contributed by atoms with E-state index in [-0.39, 0.29) is 17.4 Å². The molecular weight excluding hydrogens is 385 g/mol. The zero-order chi connectivity index (χ0) is 17.4. The summed E-state index contributed by atoms with van der Waals surface area (Å²) in [6, 6.07) is 12.4. The fourth-order valence-electron chi connectivity index (χ4n) is 3.38. The Balaban J connectivity index is 1.57. The molecule has 0 aliphatic carbocycles. The number of halogens is 2. The molecular formula is C19H17BrFN3O. The molecule has 0 saturated carbocycles. The van der Waals surface area contributed by atoms with Crippen molar-refractivity contribution in [1.29, 1.82) is 0 Å². The van der Waals surface area contributed by atoms with Crippen LogP contribution in [0.15, 0.2) is 46.9 Å². The number of aromatic amines is 1. The number of hydrogen-bond acceptors (Lipinski definition) is 2. The molecule has 6 heteroatoms. The first-order valence-corrected chi connectivity index (χ1v) is 9.10. The number of carbonyl (C=O) groups is 1. The Labute approximate surface area is 153 Å². The van der Waals surface area contributed by atoms with Gasteiger partial charge < -0.3 is 9.88 Å². The molecule has 25 heavy (non-hydrogen) atoms. The largest absolute Gasteiger partial charge is 0.342 e. The highest BCUT2D eigenvalue weighted by Gasteiger charge is 2.28. The lowest BCUT2D eigenvalue weighted by atomic mass is 9.96. The monoisotopic (exact) mass is 401 g/mol. The summed E-state index contributed by atoms with van der Waals surface area (Å²) in [5.41, 5.74) is 2.05. The molecule has 1 saturated heterocycles. The molecule has 1 aliphatic rings. The van der Waals surface area contributed by atoms with Gasteiger partial charge in [0.2, 0.25) is 0 Å². The smallest absolute Gasteiger partial charge is 0.256 e. The minimum absolute atomic E-state index is 0.119. The summed E-state index contributed by atoms with van der Waals surface area (Å²) >= 11 is 3.22. The van der Waals surface area contributed by atoms with Gasteiger partial charge in [0.1, 0.15) is 11.6 Å². The van der Waals surface area contributed by atoms with Crippen LogP contribution >= 0.6 is 15.9 Å². The quantitative estimate of drug-likeness (QED) is 0.687. The second-order valence-electron chi connectivity index (χ2n) is 6.35. The van der Waals surface area contributed by atoms with Crippen LogP contribution in [0.4, 0.5) is 4.39 Å². The van der Waals surface area contributed by atoms with Gasteiger partial charge >= 0.3 is 0 Å². The lowest BCUT2D eigenvalue weighted by Gasteiger charge is -2.32. The SMILES string of the molecule is O=C(c1ccc(Br)cc1F)N1CCC[C@H](c2nc3ccccc3[nH]2)C1.